The molecular weight excluding hydrogens is 278 g/mol. The van der Waals surface area contributed by atoms with E-state index < -0.39 is 0 Å². The number of nitrogen functional groups attached to an aromatic ring is 1. The molecule has 0 unspecified atom stereocenters. The van der Waals surface area contributed by atoms with Crippen LogP contribution in [0.5, 0.6) is 0 Å². The van der Waals surface area contributed by atoms with Gasteiger partial charge in [0.15, 0.2) is 0 Å². The number of benzene rings is 2. The van der Waals surface area contributed by atoms with Gasteiger partial charge in [-0.3, -0.25) is 0 Å². The molecule has 3 nitrogen and oxygen atoms in total. The number of anilines is 2. The Morgan fingerprint density at radius 1 is 1.14 bits per heavy atom. The summed E-state index contributed by atoms with van der Waals surface area (Å²) in [5, 5.41) is 1.36. The summed E-state index contributed by atoms with van der Waals surface area (Å²) in [7, 11) is 0. The van der Waals surface area contributed by atoms with Crippen LogP contribution in [0.25, 0.3) is 10.9 Å². The van der Waals surface area contributed by atoms with Crippen molar-refractivity contribution < 1.29 is 0 Å². The highest BCUT2D eigenvalue weighted by molar-refractivity contribution is 7.80. The minimum atomic E-state index is 0.727. The first-order chi connectivity index (χ1) is 10.2. The molecule has 0 amide bonds. The van der Waals surface area contributed by atoms with Gasteiger partial charge in [0, 0.05) is 39.4 Å². The maximum atomic E-state index is 5.84. The van der Waals surface area contributed by atoms with E-state index in [1.165, 1.54) is 27.8 Å². The van der Waals surface area contributed by atoms with Crippen LogP contribution in [0.1, 0.15) is 11.3 Å². The van der Waals surface area contributed by atoms with E-state index >= 15 is 0 Å². The molecule has 3 aromatic rings. The topological polar surface area (TPSA) is 45.0 Å². The molecule has 1 aliphatic rings. The third-order valence-electron chi connectivity index (χ3n) is 4.26. The maximum Gasteiger partial charge on any atom is 0.0583 e. The molecule has 0 spiro atoms. The van der Waals surface area contributed by atoms with Crippen molar-refractivity contribution in [3.63, 3.8) is 0 Å². The van der Waals surface area contributed by atoms with Crippen molar-refractivity contribution in [2.24, 2.45) is 0 Å². The molecule has 0 bridgehead atoms. The van der Waals surface area contributed by atoms with Crippen LogP contribution in [0.2, 0.25) is 0 Å². The van der Waals surface area contributed by atoms with Crippen molar-refractivity contribution in [3.8, 4) is 0 Å². The lowest BCUT2D eigenvalue weighted by Gasteiger charge is -2.29. The first-order valence-electron chi connectivity index (χ1n) is 7.14. The van der Waals surface area contributed by atoms with Gasteiger partial charge in [0.25, 0.3) is 0 Å². The van der Waals surface area contributed by atoms with Gasteiger partial charge in [-0.05, 0) is 36.2 Å². The fourth-order valence-electron chi connectivity index (χ4n) is 3.14. The van der Waals surface area contributed by atoms with Crippen LogP contribution in [0, 0.1) is 0 Å². The summed E-state index contributed by atoms with van der Waals surface area (Å²) < 4.78 is 0. The molecule has 1 aromatic heterocycles. The van der Waals surface area contributed by atoms with E-state index in [1.54, 1.807) is 0 Å². The third kappa shape index (κ3) is 2.07. The highest BCUT2D eigenvalue weighted by Crippen LogP contribution is 2.31. The molecule has 0 radical (unpaired) electrons. The van der Waals surface area contributed by atoms with Crippen LogP contribution < -0.4 is 10.6 Å². The number of hydrogen-bond acceptors (Lipinski definition) is 3. The molecule has 3 N–H and O–H groups in total. The Morgan fingerprint density at radius 3 is 2.86 bits per heavy atom. The Bertz CT molecular complexity index is 822. The number of thiol groups is 1. The summed E-state index contributed by atoms with van der Waals surface area (Å²) in [4.78, 5) is 6.77. The van der Waals surface area contributed by atoms with Crippen LogP contribution in [-0.4, -0.2) is 11.5 Å². The smallest absolute Gasteiger partial charge is 0.0583 e. The Kier molecular flexibility index (Phi) is 2.86. The van der Waals surface area contributed by atoms with Crippen molar-refractivity contribution in [2.45, 2.75) is 17.9 Å². The highest BCUT2D eigenvalue weighted by atomic mass is 32.1. The van der Waals surface area contributed by atoms with Crippen molar-refractivity contribution in [3.05, 3.63) is 53.7 Å². The second-order valence-electron chi connectivity index (χ2n) is 5.54. The average molecular weight is 295 g/mol. The van der Waals surface area contributed by atoms with E-state index in [2.05, 4.69) is 52.8 Å². The van der Waals surface area contributed by atoms with Gasteiger partial charge in [-0.15, -0.1) is 12.6 Å². The first kappa shape index (κ1) is 12.7. The van der Waals surface area contributed by atoms with Gasteiger partial charge in [0.1, 0.15) is 0 Å². The Morgan fingerprint density at radius 2 is 2.00 bits per heavy atom. The zero-order valence-electron chi connectivity index (χ0n) is 11.6. The summed E-state index contributed by atoms with van der Waals surface area (Å²) in [5.41, 5.74) is 11.8. The monoisotopic (exact) mass is 295 g/mol. The molecule has 0 saturated heterocycles. The number of rotatable bonds is 1. The summed E-state index contributed by atoms with van der Waals surface area (Å²) >= 11 is 4.42. The second kappa shape index (κ2) is 4.74. The van der Waals surface area contributed by atoms with E-state index in [1.807, 2.05) is 12.1 Å². The van der Waals surface area contributed by atoms with E-state index in [9.17, 15) is 0 Å². The van der Waals surface area contributed by atoms with E-state index in [4.69, 9.17) is 5.73 Å². The second-order valence-corrected chi connectivity index (χ2v) is 6.02. The van der Waals surface area contributed by atoms with Crippen molar-refractivity contribution in [1.29, 1.82) is 0 Å². The molecule has 0 saturated carbocycles. The number of fused-ring (bicyclic) bond motifs is 3. The predicted molar refractivity (Wildman–Crippen MR) is 91.2 cm³/mol. The summed E-state index contributed by atoms with van der Waals surface area (Å²) in [5.74, 6) is 0. The van der Waals surface area contributed by atoms with Gasteiger partial charge >= 0.3 is 0 Å². The third-order valence-corrected chi connectivity index (χ3v) is 4.65. The number of nitrogens with zero attached hydrogens (tertiary/aromatic N) is 1. The minimum Gasteiger partial charge on any atom is -0.398 e. The zero-order chi connectivity index (χ0) is 14.4. The summed E-state index contributed by atoms with van der Waals surface area (Å²) in [6, 6.07) is 14.6. The molecule has 0 fully saturated rings. The van der Waals surface area contributed by atoms with E-state index in [0.717, 1.165) is 30.1 Å². The van der Waals surface area contributed by atoms with Gasteiger partial charge in [-0.1, -0.05) is 18.2 Å². The highest BCUT2D eigenvalue weighted by Gasteiger charge is 2.20. The number of aromatic amines is 1. The Labute approximate surface area is 129 Å². The number of nitrogens with two attached hydrogens (primary N) is 1. The Hall–Kier alpha value is -2.07. The van der Waals surface area contributed by atoms with Gasteiger partial charge < -0.3 is 15.6 Å². The van der Waals surface area contributed by atoms with Crippen LogP contribution in [-0.2, 0) is 13.0 Å². The van der Waals surface area contributed by atoms with Crippen molar-refractivity contribution >= 4 is 34.9 Å². The lowest BCUT2D eigenvalue weighted by molar-refractivity contribution is 0.723. The van der Waals surface area contributed by atoms with Gasteiger partial charge in [0.05, 0.1) is 6.54 Å². The number of aromatic nitrogens is 1. The normalized spacial score (nSPS) is 14.4. The molecule has 0 atom stereocenters. The number of hydrogen-bond donors (Lipinski definition) is 3. The summed E-state index contributed by atoms with van der Waals surface area (Å²) in [6.45, 7) is 1.92. The molecular formula is C17H17N3S. The molecule has 4 heteroatoms. The van der Waals surface area contributed by atoms with E-state index in [-0.39, 0.29) is 0 Å². The molecule has 106 valence electrons. The average Bonchev–Trinajstić information content (AvgIpc) is 2.87. The lowest BCUT2D eigenvalue weighted by Crippen LogP contribution is -2.30. The largest absolute Gasteiger partial charge is 0.398 e. The molecule has 4 rings (SSSR count). The first-order valence-corrected chi connectivity index (χ1v) is 7.59. The number of para-hydroxylation sites is 1. The van der Waals surface area contributed by atoms with Crippen molar-refractivity contribution in [1.82, 2.24) is 4.98 Å². The quantitative estimate of drug-likeness (QED) is 0.474. The minimum absolute atomic E-state index is 0.727. The molecule has 0 aliphatic carbocycles. The molecule has 1 aliphatic heterocycles. The number of nitrogens with one attached hydrogen (secondary N) is 1. The molecule has 2 aromatic carbocycles. The lowest BCUT2D eigenvalue weighted by atomic mass is 10.0. The standard InChI is InChI=1S/C17H17N3S/c18-14-6-5-11(9-17(14)21)20-8-7-13-12-3-1-2-4-15(12)19-16(13)10-20/h1-6,9,19,21H,7-8,10,18H2. The fourth-order valence-corrected chi connectivity index (χ4v) is 3.35. The molecule has 21 heavy (non-hydrogen) atoms. The SMILES string of the molecule is Nc1ccc(N2CCc3c([nH]c4ccccc34)C2)cc1S. The van der Waals surface area contributed by atoms with Crippen LogP contribution in [0.15, 0.2) is 47.4 Å². The zero-order valence-corrected chi connectivity index (χ0v) is 12.5. The Balaban J connectivity index is 1.71. The van der Waals surface area contributed by atoms with E-state index in [0.29, 0.717) is 0 Å². The van der Waals surface area contributed by atoms with Gasteiger partial charge in [-0.2, -0.15) is 0 Å². The van der Waals surface area contributed by atoms with Crippen LogP contribution >= 0.6 is 12.6 Å². The predicted octanol–water partition coefficient (Wildman–Crippen LogP) is 3.60. The van der Waals surface area contributed by atoms with Crippen LogP contribution in [0.3, 0.4) is 0 Å². The van der Waals surface area contributed by atoms with Crippen molar-refractivity contribution in [2.75, 3.05) is 17.2 Å². The summed E-state index contributed by atoms with van der Waals surface area (Å²) in [6.07, 6.45) is 1.06. The van der Waals surface area contributed by atoms with Gasteiger partial charge in [0.2, 0.25) is 0 Å². The van der Waals surface area contributed by atoms with Crippen LogP contribution in [0.4, 0.5) is 11.4 Å². The maximum absolute atomic E-state index is 5.84. The fraction of sp³-hybridized carbons (Fsp3) is 0.176. The van der Waals surface area contributed by atoms with Gasteiger partial charge in [-0.25, -0.2) is 0 Å². The number of H-pyrrole nitrogens is 1. The molecule has 2 heterocycles.